The summed E-state index contributed by atoms with van der Waals surface area (Å²) in [6.45, 7) is 2.29. The number of hydrogen-bond acceptors (Lipinski definition) is 3. The lowest BCUT2D eigenvalue weighted by Crippen LogP contribution is -2.42. The Labute approximate surface area is 122 Å². The molecule has 0 amide bonds. The van der Waals surface area contributed by atoms with Gasteiger partial charge in [-0.15, -0.1) is 0 Å². The van der Waals surface area contributed by atoms with Gasteiger partial charge in [0, 0.05) is 31.3 Å². The summed E-state index contributed by atoms with van der Waals surface area (Å²) in [5, 5.41) is 8.57. The predicted octanol–water partition coefficient (Wildman–Crippen LogP) is 2.29. The Balaban J connectivity index is 1.67. The fourth-order valence-corrected chi connectivity index (χ4v) is 3.03. The number of carboxylic acid groups (broad SMARTS) is 1. The summed E-state index contributed by atoms with van der Waals surface area (Å²) in [5.74, 6) is -1.33. The fraction of sp³-hybridized carbons (Fsp3) is 0.438. The number of hydrogen-bond donors (Lipinski definition) is 1. The number of likely N-dealkylation sites (tertiary alicyclic amines) is 1. The van der Waals surface area contributed by atoms with Crippen molar-refractivity contribution >= 4 is 12.0 Å². The summed E-state index contributed by atoms with van der Waals surface area (Å²) in [4.78, 5) is 12.7. The van der Waals surface area contributed by atoms with E-state index in [-0.39, 0.29) is 5.82 Å². The van der Waals surface area contributed by atoms with Gasteiger partial charge in [0.1, 0.15) is 5.82 Å². The second-order valence-electron chi connectivity index (χ2n) is 5.67. The molecular formula is C16H18FNO3. The standard InChI is InChI=1S/C16H18FNO3/c17-15-7-11(2-6-16(19)20)1-3-12(15)8-18-9-13-4-5-14(10-18)21-13/h1-3,6-7,13-14H,4-5,8-10H2,(H,19,20). The van der Waals surface area contributed by atoms with Gasteiger partial charge in [-0.1, -0.05) is 12.1 Å². The van der Waals surface area contributed by atoms with Gasteiger partial charge in [0.25, 0.3) is 0 Å². The molecule has 2 saturated heterocycles. The zero-order valence-electron chi connectivity index (χ0n) is 11.7. The zero-order valence-corrected chi connectivity index (χ0v) is 11.7. The smallest absolute Gasteiger partial charge is 0.328 e. The Kier molecular flexibility index (Phi) is 4.03. The van der Waals surface area contributed by atoms with E-state index in [1.165, 1.54) is 12.1 Å². The number of halogens is 1. The maximum Gasteiger partial charge on any atom is 0.328 e. The normalized spacial score (nSPS) is 25.6. The van der Waals surface area contributed by atoms with Gasteiger partial charge in [-0.3, -0.25) is 4.90 Å². The van der Waals surface area contributed by atoms with Crippen molar-refractivity contribution in [3.63, 3.8) is 0 Å². The molecule has 2 aliphatic heterocycles. The van der Waals surface area contributed by atoms with E-state index in [2.05, 4.69) is 4.90 Å². The highest BCUT2D eigenvalue weighted by molar-refractivity contribution is 5.85. The van der Waals surface area contributed by atoms with Crippen LogP contribution in [0.4, 0.5) is 4.39 Å². The topological polar surface area (TPSA) is 49.8 Å². The van der Waals surface area contributed by atoms with Gasteiger partial charge in [-0.05, 0) is 30.5 Å². The largest absolute Gasteiger partial charge is 0.478 e. The van der Waals surface area contributed by atoms with Crippen molar-refractivity contribution in [1.29, 1.82) is 0 Å². The van der Waals surface area contributed by atoms with Crippen molar-refractivity contribution in [2.75, 3.05) is 13.1 Å². The summed E-state index contributed by atoms with van der Waals surface area (Å²) < 4.78 is 19.9. The second-order valence-corrected chi connectivity index (χ2v) is 5.67. The predicted molar refractivity (Wildman–Crippen MR) is 76.2 cm³/mol. The second kappa shape index (κ2) is 5.95. The van der Waals surface area contributed by atoms with E-state index < -0.39 is 5.97 Å². The Morgan fingerprint density at radius 2 is 2.10 bits per heavy atom. The van der Waals surface area contributed by atoms with Crippen LogP contribution in [-0.2, 0) is 16.1 Å². The van der Waals surface area contributed by atoms with Gasteiger partial charge in [-0.2, -0.15) is 0 Å². The first-order valence-electron chi connectivity index (χ1n) is 7.17. The molecule has 2 atom stereocenters. The number of nitrogens with zero attached hydrogens (tertiary/aromatic N) is 1. The average Bonchev–Trinajstić information content (AvgIpc) is 2.78. The van der Waals surface area contributed by atoms with E-state index in [9.17, 15) is 9.18 Å². The SMILES string of the molecule is O=C(O)C=Cc1ccc(CN2CC3CCC(C2)O3)c(F)c1. The van der Waals surface area contributed by atoms with Crippen molar-refractivity contribution in [3.05, 3.63) is 41.2 Å². The molecule has 0 aliphatic carbocycles. The van der Waals surface area contributed by atoms with Crippen LogP contribution >= 0.6 is 0 Å². The van der Waals surface area contributed by atoms with Gasteiger partial charge in [0.2, 0.25) is 0 Å². The van der Waals surface area contributed by atoms with Crippen molar-refractivity contribution < 1.29 is 19.0 Å². The van der Waals surface area contributed by atoms with Gasteiger partial charge < -0.3 is 9.84 Å². The van der Waals surface area contributed by atoms with Gasteiger partial charge in [0.05, 0.1) is 12.2 Å². The Morgan fingerprint density at radius 3 is 2.71 bits per heavy atom. The number of benzene rings is 1. The summed E-state index contributed by atoms with van der Waals surface area (Å²) in [6.07, 6.45) is 5.19. The summed E-state index contributed by atoms with van der Waals surface area (Å²) in [7, 11) is 0. The minimum absolute atomic E-state index is 0.290. The number of carboxylic acids is 1. The van der Waals surface area contributed by atoms with Crippen LogP contribution in [0.15, 0.2) is 24.3 Å². The van der Waals surface area contributed by atoms with Crippen LogP contribution in [0.3, 0.4) is 0 Å². The molecule has 0 saturated carbocycles. The quantitative estimate of drug-likeness (QED) is 0.865. The Hall–Kier alpha value is -1.72. The molecule has 3 rings (SSSR count). The van der Waals surface area contributed by atoms with Gasteiger partial charge in [-0.25, -0.2) is 9.18 Å². The molecule has 5 heteroatoms. The monoisotopic (exact) mass is 291 g/mol. The molecule has 4 nitrogen and oxygen atoms in total. The third kappa shape index (κ3) is 3.49. The minimum Gasteiger partial charge on any atom is -0.478 e. The molecule has 2 unspecified atom stereocenters. The van der Waals surface area contributed by atoms with E-state index in [0.717, 1.165) is 32.0 Å². The number of rotatable bonds is 4. The maximum atomic E-state index is 14.1. The first-order chi connectivity index (χ1) is 10.1. The molecule has 0 spiro atoms. The highest BCUT2D eigenvalue weighted by atomic mass is 19.1. The van der Waals surface area contributed by atoms with Crippen LogP contribution in [-0.4, -0.2) is 41.3 Å². The highest BCUT2D eigenvalue weighted by Crippen LogP contribution is 2.27. The summed E-state index contributed by atoms with van der Waals surface area (Å²) in [6, 6.07) is 4.85. The Morgan fingerprint density at radius 1 is 1.38 bits per heavy atom. The lowest BCUT2D eigenvalue weighted by Gasteiger charge is -2.32. The van der Waals surface area contributed by atoms with Crippen LogP contribution in [0.1, 0.15) is 24.0 Å². The average molecular weight is 291 g/mol. The summed E-state index contributed by atoms with van der Waals surface area (Å²) >= 11 is 0. The third-order valence-electron chi connectivity index (χ3n) is 4.01. The van der Waals surface area contributed by atoms with Crippen LogP contribution in [0.25, 0.3) is 6.08 Å². The van der Waals surface area contributed by atoms with Gasteiger partial charge in [0.15, 0.2) is 0 Å². The van der Waals surface area contributed by atoms with E-state index in [4.69, 9.17) is 9.84 Å². The van der Waals surface area contributed by atoms with Crippen LogP contribution in [0.2, 0.25) is 0 Å². The number of ether oxygens (including phenoxy) is 1. The summed E-state index contributed by atoms with van der Waals surface area (Å²) in [5.41, 5.74) is 1.20. The molecular weight excluding hydrogens is 273 g/mol. The van der Waals surface area contributed by atoms with Crippen LogP contribution in [0.5, 0.6) is 0 Å². The van der Waals surface area contributed by atoms with Crippen molar-refractivity contribution in [2.45, 2.75) is 31.6 Å². The van der Waals surface area contributed by atoms with Crippen molar-refractivity contribution in [1.82, 2.24) is 4.90 Å². The number of fused-ring (bicyclic) bond motifs is 2. The third-order valence-corrected chi connectivity index (χ3v) is 4.01. The fourth-order valence-electron chi connectivity index (χ4n) is 3.03. The zero-order chi connectivity index (χ0) is 14.8. The van der Waals surface area contributed by atoms with E-state index in [1.54, 1.807) is 12.1 Å². The highest BCUT2D eigenvalue weighted by Gasteiger charge is 2.33. The molecule has 1 aromatic rings. The lowest BCUT2D eigenvalue weighted by molar-refractivity contribution is -0.131. The van der Waals surface area contributed by atoms with Crippen molar-refractivity contribution in [2.24, 2.45) is 0 Å². The van der Waals surface area contributed by atoms with E-state index >= 15 is 0 Å². The molecule has 2 bridgehead atoms. The number of aliphatic carboxylic acids is 1. The molecule has 0 radical (unpaired) electrons. The molecule has 2 heterocycles. The Bertz CT molecular complexity index is 561. The van der Waals surface area contributed by atoms with E-state index in [0.29, 0.717) is 29.9 Å². The lowest BCUT2D eigenvalue weighted by atomic mass is 10.1. The number of morpholine rings is 1. The van der Waals surface area contributed by atoms with E-state index in [1.807, 2.05) is 0 Å². The molecule has 1 N–H and O–H groups in total. The molecule has 0 aromatic heterocycles. The molecule has 112 valence electrons. The molecule has 2 aliphatic rings. The van der Waals surface area contributed by atoms with Gasteiger partial charge >= 0.3 is 5.97 Å². The van der Waals surface area contributed by atoms with Crippen LogP contribution < -0.4 is 0 Å². The molecule has 2 fully saturated rings. The number of carbonyl (C=O) groups is 1. The first kappa shape index (κ1) is 14.2. The maximum absolute atomic E-state index is 14.1. The molecule has 21 heavy (non-hydrogen) atoms. The van der Waals surface area contributed by atoms with Crippen molar-refractivity contribution in [3.8, 4) is 0 Å². The first-order valence-corrected chi connectivity index (χ1v) is 7.17. The van der Waals surface area contributed by atoms with Crippen LogP contribution in [0, 0.1) is 5.82 Å². The minimum atomic E-state index is -1.04. The molecule has 1 aromatic carbocycles.